The van der Waals surface area contributed by atoms with Crippen LogP contribution in [0.25, 0.3) is 20.8 Å². The molecule has 3 rings (SSSR count). The number of aryl methyl sites for hydroxylation is 1. The van der Waals surface area contributed by atoms with Gasteiger partial charge in [-0.1, -0.05) is 0 Å². The average molecular weight is 271 g/mol. The molecule has 0 saturated heterocycles. The van der Waals surface area contributed by atoms with E-state index in [1.54, 1.807) is 30.6 Å². The number of phenols is 1. The van der Waals surface area contributed by atoms with Gasteiger partial charge in [-0.05, 0) is 48.9 Å². The topological polar surface area (TPSA) is 42.4 Å². The summed E-state index contributed by atoms with van der Waals surface area (Å²) < 4.78 is 6.32. The predicted molar refractivity (Wildman–Crippen MR) is 78.0 cm³/mol. The van der Waals surface area contributed by atoms with Gasteiger partial charge < -0.3 is 9.84 Å². The summed E-state index contributed by atoms with van der Waals surface area (Å²) in [6.07, 6.45) is 0. The van der Waals surface area contributed by atoms with Crippen LogP contribution in [-0.2, 0) is 0 Å². The summed E-state index contributed by atoms with van der Waals surface area (Å²) in [6.45, 7) is 1.97. The van der Waals surface area contributed by atoms with E-state index in [0.29, 0.717) is 0 Å². The zero-order valence-electron chi connectivity index (χ0n) is 10.7. The highest BCUT2D eigenvalue weighted by Crippen LogP contribution is 2.34. The van der Waals surface area contributed by atoms with E-state index in [2.05, 4.69) is 4.98 Å². The molecule has 0 fully saturated rings. The number of aromatic hydroxyl groups is 1. The van der Waals surface area contributed by atoms with Gasteiger partial charge in [0.15, 0.2) is 0 Å². The van der Waals surface area contributed by atoms with Crippen molar-refractivity contribution in [1.82, 2.24) is 4.98 Å². The quantitative estimate of drug-likeness (QED) is 0.766. The zero-order valence-corrected chi connectivity index (χ0v) is 11.5. The van der Waals surface area contributed by atoms with Crippen molar-refractivity contribution in [2.75, 3.05) is 7.11 Å². The Kier molecular flexibility index (Phi) is 2.87. The lowest BCUT2D eigenvalue weighted by molar-refractivity contribution is 0.415. The fourth-order valence-corrected chi connectivity index (χ4v) is 3.12. The first-order valence-electron chi connectivity index (χ1n) is 5.92. The summed E-state index contributed by atoms with van der Waals surface area (Å²) in [4.78, 5) is 4.63. The first-order valence-corrected chi connectivity index (χ1v) is 6.73. The molecule has 4 heteroatoms. The molecule has 0 amide bonds. The maximum absolute atomic E-state index is 9.46. The first kappa shape index (κ1) is 12.0. The molecule has 3 nitrogen and oxygen atoms in total. The molecule has 0 aliphatic heterocycles. The SMILES string of the molecule is COc1ccc2nc(-c3ccc(O)cc3C)sc2c1. The zero-order chi connectivity index (χ0) is 13.4. The van der Waals surface area contributed by atoms with Gasteiger partial charge in [-0.15, -0.1) is 11.3 Å². The summed E-state index contributed by atoms with van der Waals surface area (Å²) in [7, 11) is 1.66. The molecule has 1 N–H and O–H groups in total. The van der Waals surface area contributed by atoms with Crippen LogP contribution < -0.4 is 4.74 Å². The lowest BCUT2D eigenvalue weighted by atomic mass is 10.1. The molecule has 0 bridgehead atoms. The molecule has 3 aromatic rings. The number of rotatable bonds is 2. The largest absolute Gasteiger partial charge is 0.508 e. The molecule has 0 spiro atoms. The van der Waals surface area contributed by atoms with Crippen LogP contribution in [0.5, 0.6) is 11.5 Å². The third kappa shape index (κ3) is 2.15. The molecule has 0 atom stereocenters. The van der Waals surface area contributed by atoms with Gasteiger partial charge in [0.1, 0.15) is 16.5 Å². The third-order valence-corrected chi connectivity index (χ3v) is 4.09. The molecular weight excluding hydrogens is 258 g/mol. The van der Waals surface area contributed by atoms with Crippen LogP contribution in [0.3, 0.4) is 0 Å². The van der Waals surface area contributed by atoms with Gasteiger partial charge in [-0.25, -0.2) is 4.98 Å². The standard InChI is InChI=1S/C15H13NO2S/c1-9-7-10(17)3-5-12(9)15-16-13-6-4-11(18-2)8-14(13)19-15/h3-8,17H,1-2H3. The lowest BCUT2D eigenvalue weighted by Crippen LogP contribution is -1.82. The van der Waals surface area contributed by atoms with E-state index in [1.807, 2.05) is 31.2 Å². The van der Waals surface area contributed by atoms with Crippen molar-refractivity contribution in [3.63, 3.8) is 0 Å². The van der Waals surface area contributed by atoms with Crippen molar-refractivity contribution in [3.05, 3.63) is 42.0 Å². The van der Waals surface area contributed by atoms with E-state index >= 15 is 0 Å². The lowest BCUT2D eigenvalue weighted by Gasteiger charge is -2.01. The van der Waals surface area contributed by atoms with Crippen LogP contribution in [0.1, 0.15) is 5.56 Å². The van der Waals surface area contributed by atoms with Crippen LogP contribution in [0.4, 0.5) is 0 Å². The van der Waals surface area contributed by atoms with Crippen molar-refractivity contribution in [2.24, 2.45) is 0 Å². The van der Waals surface area contributed by atoms with Crippen LogP contribution in [0.15, 0.2) is 36.4 Å². The summed E-state index contributed by atoms with van der Waals surface area (Å²) in [6, 6.07) is 11.2. The molecule has 1 aromatic heterocycles. The molecule has 0 unspecified atom stereocenters. The van der Waals surface area contributed by atoms with Gasteiger partial charge in [0.05, 0.1) is 17.3 Å². The summed E-state index contributed by atoms with van der Waals surface area (Å²) in [5.74, 6) is 1.12. The van der Waals surface area contributed by atoms with E-state index < -0.39 is 0 Å². The smallest absolute Gasteiger partial charge is 0.124 e. The Morgan fingerprint density at radius 3 is 2.74 bits per heavy atom. The van der Waals surface area contributed by atoms with Gasteiger partial charge in [-0.3, -0.25) is 0 Å². The van der Waals surface area contributed by atoms with Gasteiger partial charge in [-0.2, -0.15) is 0 Å². The summed E-state index contributed by atoms with van der Waals surface area (Å²) in [5.41, 5.74) is 3.04. The first-order chi connectivity index (χ1) is 9.17. The normalized spacial score (nSPS) is 10.8. The fraction of sp³-hybridized carbons (Fsp3) is 0.133. The minimum atomic E-state index is 0.282. The van der Waals surface area contributed by atoms with Crippen LogP contribution in [0, 0.1) is 6.92 Å². The second-order valence-electron chi connectivity index (χ2n) is 4.35. The summed E-state index contributed by atoms with van der Waals surface area (Å²) >= 11 is 1.63. The predicted octanol–water partition coefficient (Wildman–Crippen LogP) is 3.99. The van der Waals surface area contributed by atoms with E-state index in [-0.39, 0.29) is 5.75 Å². The number of thiazole rings is 1. The highest BCUT2D eigenvalue weighted by atomic mass is 32.1. The monoisotopic (exact) mass is 271 g/mol. The Morgan fingerprint density at radius 2 is 2.00 bits per heavy atom. The Morgan fingerprint density at radius 1 is 1.16 bits per heavy atom. The number of hydrogen-bond acceptors (Lipinski definition) is 4. The van der Waals surface area contributed by atoms with Gasteiger partial charge in [0, 0.05) is 5.56 Å². The second-order valence-corrected chi connectivity index (χ2v) is 5.38. The number of benzene rings is 2. The van der Waals surface area contributed by atoms with E-state index in [0.717, 1.165) is 32.1 Å². The van der Waals surface area contributed by atoms with E-state index in [9.17, 15) is 5.11 Å². The number of ether oxygens (including phenoxy) is 1. The van der Waals surface area contributed by atoms with Crippen LogP contribution >= 0.6 is 11.3 Å². The van der Waals surface area contributed by atoms with Gasteiger partial charge in [0.2, 0.25) is 0 Å². The number of fused-ring (bicyclic) bond motifs is 1. The summed E-state index contributed by atoms with van der Waals surface area (Å²) in [5, 5.41) is 10.4. The minimum Gasteiger partial charge on any atom is -0.508 e. The molecule has 0 saturated carbocycles. The maximum Gasteiger partial charge on any atom is 0.124 e. The van der Waals surface area contributed by atoms with Crippen molar-refractivity contribution in [3.8, 4) is 22.1 Å². The van der Waals surface area contributed by atoms with Crippen LogP contribution in [-0.4, -0.2) is 17.2 Å². The molecule has 0 aliphatic carbocycles. The Hall–Kier alpha value is -2.07. The molecule has 2 aromatic carbocycles. The Bertz CT molecular complexity index is 749. The van der Waals surface area contributed by atoms with Crippen molar-refractivity contribution in [2.45, 2.75) is 6.92 Å². The molecule has 1 heterocycles. The van der Waals surface area contributed by atoms with Crippen molar-refractivity contribution >= 4 is 21.6 Å². The van der Waals surface area contributed by atoms with Crippen molar-refractivity contribution < 1.29 is 9.84 Å². The molecule has 19 heavy (non-hydrogen) atoms. The molecule has 0 radical (unpaired) electrons. The van der Waals surface area contributed by atoms with Crippen LogP contribution in [0.2, 0.25) is 0 Å². The molecular formula is C15H13NO2S. The molecule has 96 valence electrons. The molecule has 0 aliphatic rings. The Labute approximate surface area is 115 Å². The number of phenolic OH excluding ortho intramolecular Hbond substituents is 1. The third-order valence-electron chi connectivity index (χ3n) is 3.04. The average Bonchev–Trinajstić information content (AvgIpc) is 2.80. The van der Waals surface area contributed by atoms with Crippen molar-refractivity contribution in [1.29, 1.82) is 0 Å². The number of methoxy groups -OCH3 is 1. The minimum absolute atomic E-state index is 0.282. The van der Waals surface area contributed by atoms with Gasteiger partial charge in [0.25, 0.3) is 0 Å². The maximum atomic E-state index is 9.46. The van der Waals surface area contributed by atoms with Gasteiger partial charge >= 0.3 is 0 Å². The highest BCUT2D eigenvalue weighted by molar-refractivity contribution is 7.21. The number of aromatic nitrogens is 1. The second kappa shape index (κ2) is 4.55. The highest BCUT2D eigenvalue weighted by Gasteiger charge is 2.09. The van der Waals surface area contributed by atoms with E-state index in [4.69, 9.17) is 4.74 Å². The van der Waals surface area contributed by atoms with E-state index in [1.165, 1.54) is 0 Å². The Balaban J connectivity index is 2.14. The number of nitrogens with zero attached hydrogens (tertiary/aromatic N) is 1. The number of hydrogen-bond donors (Lipinski definition) is 1. The fourth-order valence-electron chi connectivity index (χ4n) is 2.03.